The summed E-state index contributed by atoms with van der Waals surface area (Å²) in [7, 11) is 1.93. The van der Waals surface area contributed by atoms with Crippen molar-refractivity contribution in [3.05, 3.63) is 83.8 Å². The number of hydrogen-bond acceptors (Lipinski definition) is 9. The Labute approximate surface area is 245 Å². The summed E-state index contributed by atoms with van der Waals surface area (Å²) < 4.78 is 5.62. The number of aromatic nitrogens is 2. The van der Waals surface area contributed by atoms with E-state index in [1.807, 2.05) is 93.6 Å². The van der Waals surface area contributed by atoms with E-state index in [1.54, 1.807) is 22.2 Å². The highest BCUT2D eigenvalue weighted by Gasteiger charge is 2.28. The molecule has 11 heteroatoms. The van der Waals surface area contributed by atoms with Gasteiger partial charge in [-0.15, -0.1) is 0 Å². The second-order valence-electron chi connectivity index (χ2n) is 10.7. The quantitative estimate of drug-likeness (QED) is 0.284. The van der Waals surface area contributed by atoms with E-state index in [1.165, 1.54) is 11.8 Å². The van der Waals surface area contributed by atoms with Gasteiger partial charge in [0, 0.05) is 56.2 Å². The lowest BCUT2D eigenvalue weighted by atomic mass is 10.2. The number of hydrogen-bond donors (Lipinski definition) is 2. The molecule has 1 aromatic heterocycles. The maximum atomic E-state index is 13.5. The Bertz CT molecular complexity index is 1410. The molecule has 3 N–H and O–H groups in total. The monoisotopic (exact) mass is 575 g/mol. The third kappa shape index (κ3) is 7.91. The Kier molecular flexibility index (Phi) is 9.38. The first-order valence-electron chi connectivity index (χ1n) is 13.3. The predicted molar refractivity (Wildman–Crippen MR) is 164 cm³/mol. The standard InChI is InChI=1S/C30H37N7O3S/c1-30(2,3)40-29(39)36(19-21-10-7-6-8-11-21)20-22(31)17-32-23-12-9-13-24(16-23)37-15-14-35(4)26-25(27(37)38)18-33-28(34-26)41-5/h6-13,16-18,32H,14-15,19-20,31H2,1-5H3/b22-17-. The predicted octanol–water partition coefficient (Wildman–Crippen LogP) is 4.94. The van der Waals surface area contributed by atoms with Gasteiger partial charge in [0.05, 0.1) is 6.54 Å². The Morgan fingerprint density at radius 3 is 2.63 bits per heavy atom. The smallest absolute Gasteiger partial charge is 0.410 e. The van der Waals surface area contributed by atoms with Crippen molar-refractivity contribution in [2.24, 2.45) is 5.73 Å². The van der Waals surface area contributed by atoms with Crippen molar-refractivity contribution in [2.45, 2.75) is 38.1 Å². The van der Waals surface area contributed by atoms with Crippen LogP contribution in [0.1, 0.15) is 36.7 Å². The molecule has 3 aromatic rings. The number of carbonyl (C=O) groups excluding carboxylic acids is 2. The van der Waals surface area contributed by atoms with Crippen LogP contribution in [0.2, 0.25) is 0 Å². The summed E-state index contributed by atoms with van der Waals surface area (Å²) in [5.41, 5.74) is 9.09. The molecule has 0 saturated carbocycles. The van der Waals surface area contributed by atoms with Crippen molar-refractivity contribution < 1.29 is 14.3 Å². The largest absolute Gasteiger partial charge is 0.444 e. The van der Waals surface area contributed by atoms with Crippen LogP contribution in [0, 0.1) is 0 Å². The molecule has 1 aliphatic heterocycles. The van der Waals surface area contributed by atoms with E-state index in [4.69, 9.17) is 10.5 Å². The van der Waals surface area contributed by atoms with Crippen LogP contribution in [0.5, 0.6) is 0 Å². The summed E-state index contributed by atoms with van der Waals surface area (Å²) >= 11 is 1.44. The van der Waals surface area contributed by atoms with Crippen LogP contribution >= 0.6 is 11.8 Å². The van der Waals surface area contributed by atoms with Gasteiger partial charge >= 0.3 is 6.09 Å². The number of anilines is 3. The number of carbonyl (C=O) groups is 2. The molecule has 10 nitrogen and oxygen atoms in total. The molecule has 2 heterocycles. The molecule has 0 aliphatic carbocycles. The minimum Gasteiger partial charge on any atom is -0.444 e. The van der Waals surface area contributed by atoms with Crippen molar-refractivity contribution in [3.8, 4) is 0 Å². The van der Waals surface area contributed by atoms with Crippen molar-refractivity contribution in [1.82, 2.24) is 14.9 Å². The highest BCUT2D eigenvalue weighted by molar-refractivity contribution is 7.98. The van der Waals surface area contributed by atoms with Gasteiger partial charge in [-0.05, 0) is 50.8 Å². The average molecular weight is 576 g/mol. The van der Waals surface area contributed by atoms with Gasteiger partial charge in [-0.25, -0.2) is 14.8 Å². The maximum Gasteiger partial charge on any atom is 0.410 e. The Balaban J connectivity index is 1.49. The molecule has 0 fully saturated rings. The lowest BCUT2D eigenvalue weighted by molar-refractivity contribution is 0.0251. The Hall–Kier alpha value is -4.25. The zero-order chi connectivity index (χ0) is 29.6. The molecule has 0 atom stereocenters. The molecule has 41 heavy (non-hydrogen) atoms. The lowest BCUT2D eigenvalue weighted by Gasteiger charge is -2.27. The van der Waals surface area contributed by atoms with Crippen molar-refractivity contribution in [2.75, 3.05) is 48.1 Å². The number of thioether (sulfide) groups is 1. The zero-order valence-electron chi connectivity index (χ0n) is 24.1. The van der Waals surface area contributed by atoms with Crippen LogP contribution in [0.25, 0.3) is 0 Å². The number of nitrogens with zero attached hydrogens (tertiary/aromatic N) is 5. The summed E-state index contributed by atoms with van der Waals surface area (Å²) in [5.74, 6) is 0.477. The van der Waals surface area contributed by atoms with Gasteiger partial charge in [-0.2, -0.15) is 0 Å². The molecule has 0 saturated heterocycles. The number of ether oxygens (including phenoxy) is 1. The molecule has 2 amide bonds. The molecule has 0 bridgehead atoms. The van der Waals surface area contributed by atoms with Crippen molar-refractivity contribution >= 4 is 41.0 Å². The summed E-state index contributed by atoms with van der Waals surface area (Å²) in [4.78, 5) is 40.6. The Morgan fingerprint density at radius 1 is 1.17 bits per heavy atom. The van der Waals surface area contributed by atoms with Crippen LogP contribution < -0.4 is 20.9 Å². The van der Waals surface area contributed by atoms with Gasteiger partial charge in [0.25, 0.3) is 5.91 Å². The second-order valence-corrected chi connectivity index (χ2v) is 11.5. The van der Waals surface area contributed by atoms with Crippen LogP contribution in [0.15, 0.2) is 77.8 Å². The summed E-state index contributed by atoms with van der Waals surface area (Å²) in [5, 5.41) is 3.84. The van der Waals surface area contributed by atoms with Crippen LogP contribution in [-0.2, 0) is 11.3 Å². The van der Waals surface area contributed by atoms with E-state index in [-0.39, 0.29) is 12.5 Å². The minimum atomic E-state index is -0.632. The maximum absolute atomic E-state index is 13.5. The number of likely N-dealkylation sites (N-methyl/N-ethyl adjacent to an activating group) is 1. The summed E-state index contributed by atoms with van der Waals surface area (Å²) in [6.45, 7) is 7.14. The van der Waals surface area contributed by atoms with Crippen molar-refractivity contribution in [1.29, 1.82) is 0 Å². The first-order valence-corrected chi connectivity index (χ1v) is 14.5. The van der Waals surface area contributed by atoms with E-state index in [9.17, 15) is 9.59 Å². The zero-order valence-corrected chi connectivity index (χ0v) is 24.9. The van der Waals surface area contributed by atoms with Gasteiger partial charge in [0.2, 0.25) is 0 Å². The third-order valence-corrected chi connectivity index (χ3v) is 6.81. The van der Waals surface area contributed by atoms with Crippen LogP contribution in [-0.4, -0.2) is 65.4 Å². The van der Waals surface area contributed by atoms with E-state index in [0.717, 1.165) is 16.9 Å². The molecule has 2 aromatic carbocycles. The number of benzene rings is 2. The van der Waals surface area contributed by atoms with Gasteiger partial charge in [-0.3, -0.25) is 9.69 Å². The molecular weight excluding hydrogens is 538 g/mol. The van der Waals surface area contributed by atoms with E-state index < -0.39 is 11.7 Å². The Morgan fingerprint density at radius 2 is 1.93 bits per heavy atom. The third-order valence-electron chi connectivity index (χ3n) is 6.25. The molecule has 0 radical (unpaired) electrons. The lowest BCUT2D eigenvalue weighted by Crippen LogP contribution is -2.38. The van der Waals surface area contributed by atoms with Crippen molar-refractivity contribution in [3.63, 3.8) is 0 Å². The molecule has 1 aliphatic rings. The first-order chi connectivity index (χ1) is 19.5. The molecular formula is C30H37N7O3S. The molecule has 216 valence electrons. The van der Waals surface area contributed by atoms with Crippen LogP contribution in [0.3, 0.4) is 0 Å². The first kappa shape index (κ1) is 29.7. The van der Waals surface area contributed by atoms with Gasteiger partial charge in [-0.1, -0.05) is 48.2 Å². The fourth-order valence-corrected chi connectivity index (χ4v) is 4.60. The number of amides is 2. The van der Waals surface area contributed by atoms with Gasteiger partial charge < -0.3 is 25.6 Å². The number of nitrogens with one attached hydrogen (secondary N) is 1. The molecule has 0 unspecified atom stereocenters. The van der Waals surface area contributed by atoms with Gasteiger partial charge in [0.15, 0.2) is 5.16 Å². The summed E-state index contributed by atoms with van der Waals surface area (Å²) in [6.07, 6.45) is 4.72. The van der Waals surface area contributed by atoms with Gasteiger partial charge in [0.1, 0.15) is 17.0 Å². The highest BCUT2D eigenvalue weighted by atomic mass is 32.2. The highest BCUT2D eigenvalue weighted by Crippen LogP contribution is 2.28. The van der Waals surface area contributed by atoms with Crippen LogP contribution in [0.4, 0.5) is 22.0 Å². The number of fused-ring (bicyclic) bond motifs is 1. The fourth-order valence-electron chi connectivity index (χ4n) is 4.27. The molecule has 4 rings (SSSR count). The average Bonchev–Trinajstić information content (AvgIpc) is 3.07. The molecule has 0 spiro atoms. The number of nitrogens with two attached hydrogens (primary N) is 1. The van der Waals surface area contributed by atoms with E-state index in [2.05, 4.69) is 15.3 Å². The van der Waals surface area contributed by atoms with E-state index >= 15 is 0 Å². The minimum absolute atomic E-state index is 0.155. The second kappa shape index (κ2) is 12.9. The SMILES string of the molecule is CSc1ncc2c(n1)N(C)CCN(c1cccc(N/C=C(\N)CN(Cc3ccccc3)C(=O)OC(C)(C)C)c1)C2=O. The fraction of sp³-hybridized carbons (Fsp3) is 0.333. The topological polar surface area (TPSA) is 117 Å². The normalized spacial score (nSPS) is 13.9. The number of rotatable bonds is 8. The summed E-state index contributed by atoms with van der Waals surface area (Å²) in [6, 6.07) is 17.2. The van der Waals surface area contributed by atoms with E-state index in [0.29, 0.717) is 41.9 Å².